The van der Waals surface area contributed by atoms with Crippen LogP contribution in [0.2, 0.25) is 0 Å². The third-order valence-electron chi connectivity index (χ3n) is 3.18. The molecule has 0 spiro atoms. The Hall–Kier alpha value is -1.47. The van der Waals surface area contributed by atoms with Gasteiger partial charge in [-0.25, -0.2) is 12.8 Å². The molecule has 0 aliphatic carbocycles. The minimum absolute atomic E-state index is 0.130. The van der Waals surface area contributed by atoms with Crippen LogP contribution in [0.25, 0.3) is 0 Å². The molecule has 0 aliphatic heterocycles. The van der Waals surface area contributed by atoms with Crippen LogP contribution < -0.4 is 4.72 Å². The summed E-state index contributed by atoms with van der Waals surface area (Å²) < 4.78 is 40.7. The molecular weight excluding hydrogens is 307 g/mol. The quantitative estimate of drug-likeness (QED) is 0.866. The molecule has 0 aliphatic rings. The molecule has 0 bridgehead atoms. The second-order valence-corrected chi connectivity index (χ2v) is 7.63. The number of carbonyl (C=O) groups excluding carboxylic acids is 1. The summed E-state index contributed by atoms with van der Waals surface area (Å²) in [5, 5.41) is 0. The number of sulfonamides is 1. The van der Waals surface area contributed by atoms with Gasteiger partial charge in [0.05, 0.1) is 4.90 Å². The van der Waals surface area contributed by atoms with Crippen LogP contribution in [-0.2, 0) is 14.8 Å². The first-order valence-corrected chi connectivity index (χ1v) is 8.52. The molecule has 1 rings (SSSR count). The monoisotopic (exact) mass is 330 g/mol. The van der Waals surface area contributed by atoms with Gasteiger partial charge in [-0.1, -0.05) is 19.9 Å². The van der Waals surface area contributed by atoms with E-state index < -0.39 is 21.9 Å². The predicted octanol–water partition coefficient (Wildman–Crippen LogP) is 1.92. The average molecular weight is 330 g/mol. The maximum absolute atomic E-state index is 13.3. The molecule has 1 aromatic carbocycles. The van der Waals surface area contributed by atoms with E-state index in [0.717, 1.165) is 6.07 Å². The molecule has 22 heavy (non-hydrogen) atoms. The van der Waals surface area contributed by atoms with Crippen LogP contribution in [0.5, 0.6) is 0 Å². The molecule has 0 aromatic heterocycles. The van der Waals surface area contributed by atoms with Gasteiger partial charge < -0.3 is 4.90 Å². The van der Waals surface area contributed by atoms with Crippen molar-refractivity contribution in [2.75, 3.05) is 14.1 Å². The molecule has 5 nitrogen and oxygen atoms in total. The van der Waals surface area contributed by atoms with E-state index in [4.69, 9.17) is 0 Å². The lowest BCUT2D eigenvalue weighted by Crippen LogP contribution is -2.46. The van der Waals surface area contributed by atoms with Crippen molar-refractivity contribution in [2.24, 2.45) is 5.92 Å². The number of benzene rings is 1. The number of amides is 1. The van der Waals surface area contributed by atoms with Crippen LogP contribution in [0.15, 0.2) is 23.1 Å². The Bertz CT molecular complexity index is 642. The lowest BCUT2D eigenvalue weighted by atomic mass is 10.0. The minimum Gasteiger partial charge on any atom is -0.347 e. The number of carbonyl (C=O) groups is 1. The number of nitrogens with zero attached hydrogens (tertiary/aromatic N) is 1. The van der Waals surface area contributed by atoms with E-state index in [1.807, 2.05) is 13.8 Å². The Balaban J connectivity index is 3.15. The Kier molecular flexibility index (Phi) is 6.08. The third kappa shape index (κ3) is 4.78. The molecular formula is C15H23FN2O3S. The summed E-state index contributed by atoms with van der Waals surface area (Å²) in [6.45, 7) is 5.38. The number of hydrogen-bond acceptors (Lipinski definition) is 3. The lowest BCUT2D eigenvalue weighted by Gasteiger charge is -2.23. The fourth-order valence-electron chi connectivity index (χ4n) is 2.10. The van der Waals surface area contributed by atoms with E-state index >= 15 is 0 Å². The first-order valence-electron chi connectivity index (χ1n) is 7.04. The minimum atomic E-state index is -3.97. The van der Waals surface area contributed by atoms with Crippen molar-refractivity contribution >= 4 is 15.9 Å². The zero-order valence-electron chi connectivity index (χ0n) is 13.6. The molecule has 0 saturated heterocycles. The maximum atomic E-state index is 13.3. The molecule has 7 heteroatoms. The van der Waals surface area contributed by atoms with Crippen molar-refractivity contribution in [3.8, 4) is 0 Å². The van der Waals surface area contributed by atoms with Crippen LogP contribution in [0.4, 0.5) is 4.39 Å². The van der Waals surface area contributed by atoms with E-state index in [0.29, 0.717) is 12.0 Å². The second kappa shape index (κ2) is 7.19. The second-order valence-electron chi connectivity index (χ2n) is 5.95. The number of aryl methyl sites for hydroxylation is 1. The van der Waals surface area contributed by atoms with Crippen molar-refractivity contribution in [2.45, 2.75) is 38.1 Å². The van der Waals surface area contributed by atoms with Gasteiger partial charge in [0, 0.05) is 14.1 Å². The van der Waals surface area contributed by atoms with Gasteiger partial charge in [-0.05, 0) is 37.0 Å². The molecule has 124 valence electrons. The smallest absolute Gasteiger partial charge is 0.241 e. The van der Waals surface area contributed by atoms with Gasteiger partial charge in [-0.15, -0.1) is 0 Å². The fraction of sp³-hybridized carbons (Fsp3) is 0.533. The normalized spacial score (nSPS) is 13.2. The first-order chi connectivity index (χ1) is 10.0. The fourth-order valence-corrected chi connectivity index (χ4v) is 3.55. The number of likely N-dealkylation sites (N-methyl/N-ethyl adjacent to an activating group) is 1. The van der Waals surface area contributed by atoms with E-state index in [1.54, 1.807) is 21.0 Å². The summed E-state index contributed by atoms with van der Waals surface area (Å²) in [6.07, 6.45) is 0.366. The van der Waals surface area contributed by atoms with Gasteiger partial charge in [-0.2, -0.15) is 4.72 Å². The standard InChI is InChI=1S/C15H23FN2O3S/c1-10(2)8-13(15(19)18(4)5)17-22(20,21)14-9-12(16)7-6-11(14)3/h6-7,9-10,13,17H,8H2,1-5H3/t13-/m1/s1. The van der Waals surface area contributed by atoms with Crippen molar-refractivity contribution in [1.82, 2.24) is 9.62 Å². The number of hydrogen-bond donors (Lipinski definition) is 1. The molecule has 0 radical (unpaired) electrons. The highest BCUT2D eigenvalue weighted by Gasteiger charge is 2.28. The van der Waals surface area contributed by atoms with E-state index in [2.05, 4.69) is 4.72 Å². The van der Waals surface area contributed by atoms with Crippen LogP contribution in [0, 0.1) is 18.7 Å². The summed E-state index contributed by atoms with van der Waals surface area (Å²) in [5.74, 6) is -0.832. The SMILES string of the molecule is Cc1ccc(F)cc1S(=O)(=O)N[C@H](CC(C)C)C(=O)N(C)C. The van der Waals surface area contributed by atoms with Gasteiger partial charge in [0.15, 0.2) is 0 Å². The molecule has 1 N–H and O–H groups in total. The zero-order chi connectivity index (χ0) is 17.1. The van der Waals surface area contributed by atoms with Gasteiger partial charge in [0.1, 0.15) is 11.9 Å². The Morgan fingerprint density at radius 2 is 1.91 bits per heavy atom. The summed E-state index contributed by atoms with van der Waals surface area (Å²) in [5.41, 5.74) is 0.425. The largest absolute Gasteiger partial charge is 0.347 e. The van der Waals surface area contributed by atoms with Gasteiger partial charge in [0.25, 0.3) is 0 Å². The molecule has 0 saturated carbocycles. The molecule has 1 amide bonds. The average Bonchev–Trinajstić information content (AvgIpc) is 2.38. The third-order valence-corrected chi connectivity index (χ3v) is 4.80. The van der Waals surface area contributed by atoms with Crippen molar-refractivity contribution in [3.05, 3.63) is 29.6 Å². The molecule has 0 heterocycles. The molecule has 0 unspecified atom stereocenters. The van der Waals surface area contributed by atoms with Gasteiger partial charge in [-0.3, -0.25) is 4.79 Å². The number of halogens is 1. The van der Waals surface area contributed by atoms with Crippen molar-refractivity contribution in [3.63, 3.8) is 0 Å². The van der Waals surface area contributed by atoms with Crippen LogP contribution >= 0.6 is 0 Å². The summed E-state index contributed by atoms with van der Waals surface area (Å²) in [4.78, 5) is 13.4. The van der Waals surface area contributed by atoms with Crippen LogP contribution in [0.3, 0.4) is 0 Å². The Labute approximate surface area is 131 Å². The molecule has 1 atom stereocenters. The predicted molar refractivity (Wildman–Crippen MR) is 83.4 cm³/mol. The maximum Gasteiger partial charge on any atom is 0.241 e. The Morgan fingerprint density at radius 1 is 1.32 bits per heavy atom. The van der Waals surface area contributed by atoms with E-state index in [-0.39, 0.29) is 16.7 Å². The molecule has 1 aromatic rings. The van der Waals surface area contributed by atoms with Crippen LogP contribution in [0.1, 0.15) is 25.8 Å². The first kappa shape index (κ1) is 18.6. The number of nitrogens with one attached hydrogen (secondary N) is 1. The lowest BCUT2D eigenvalue weighted by molar-refractivity contribution is -0.130. The highest BCUT2D eigenvalue weighted by atomic mass is 32.2. The van der Waals surface area contributed by atoms with Gasteiger partial charge in [0.2, 0.25) is 15.9 Å². The zero-order valence-corrected chi connectivity index (χ0v) is 14.4. The van der Waals surface area contributed by atoms with Gasteiger partial charge >= 0.3 is 0 Å². The van der Waals surface area contributed by atoms with Crippen molar-refractivity contribution < 1.29 is 17.6 Å². The Morgan fingerprint density at radius 3 is 2.41 bits per heavy atom. The van der Waals surface area contributed by atoms with E-state index in [9.17, 15) is 17.6 Å². The molecule has 0 fully saturated rings. The van der Waals surface area contributed by atoms with Crippen LogP contribution in [-0.4, -0.2) is 39.4 Å². The summed E-state index contributed by atoms with van der Waals surface area (Å²) in [7, 11) is -0.841. The number of rotatable bonds is 6. The summed E-state index contributed by atoms with van der Waals surface area (Å²) in [6, 6.07) is 2.69. The van der Waals surface area contributed by atoms with Crippen molar-refractivity contribution in [1.29, 1.82) is 0 Å². The summed E-state index contributed by atoms with van der Waals surface area (Å²) >= 11 is 0. The highest BCUT2D eigenvalue weighted by Crippen LogP contribution is 2.18. The van der Waals surface area contributed by atoms with E-state index in [1.165, 1.54) is 17.0 Å². The highest BCUT2D eigenvalue weighted by molar-refractivity contribution is 7.89. The topological polar surface area (TPSA) is 66.5 Å².